The van der Waals surface area contributed by atoms with E-state index in [2.05, 4.69) is 53.4 Å². The van der Waals surface area contributed by atoms with Crippen LogP contribution >= 0.6 is 22.6 Å². The van der Waals surface area contributed by atoms with Crippen molar-refractivity contribution >= 4 is 56.7 Å². The molecule has 0 aliphatic rings. The van der Waals surface area contributed by atoms with Crippen LogP contribution in [0.3, 0.4) is 0 Å². The van der Waals surface area contributed by atoms with Gasteiger partial charge in [-0.05, 0) is 47.6 Å². The molecule has 4 aromatic rings. The normalized spacial score (nSPS) is 10.8. The molecule has 0 bridgehead atoms. The molecule has 0 radical (unpaired) electrons. The highest BCUT2D eigenvalue weighted by Gasteiger charge is 2.11. The highest BCUT2D eigenvalue weighted by Crippen LogP contribution is 2.26. The van der Waals surface area contributed by atoms with Crippen molar-refractivity contribution in [1.82, 2.24) is 20.2 Å². The average Bonchev–Trinajstić information content (AvgIpc) is 3.23. The Bertz CT molecular complexity index is 1250. The second-order valence-corrected chi connectivity index (χ2v) is 8.36. The number of hydrogen-bond acceptors (Lipinski definition) is 6. The molecule has 0 fully saturated rings. The van der Waals surface area contributed by atoms with Gasteiger partial charge in [-0.1, -0.05) is 28.7 Å². The highest BCUT2D eigenvalue weighted by molar-refractivity contribution is 14.1. The Hall–Kier alpha value is -3.28. The average molecular weight is 560 g/mol. The number of carbonyl (C=O) groups excluding carboxylic acids is 1. The van der Waals surface area contributed by atoms with Gasteiger partial charge in [-0.3, -0.25) is 9.89 Å². The number of alkyl halides is 1. The Morgan fingerprint density at radius 2 is 2.03 bits per heavy atom. The smallest absolute Gasteiger partial charge is 0.230 e. The number of rotatable bonds is 10. The van der Waals surface area contributed by atoms with Gasteiger partial charge in [-0.25, -0.2) is 14.4 Å². The Morgan fingerprint density at radius 1 is 1.12 bits per heavy atom. The fraction of sp³-hybridized carbons (Fsp3) is 0.217. The van der Waals surface area contributed by atoms with E-state index in [0.29, 0.717) is 29.6 Å². The van der Waals surface area contributed by atoms with Gasteiger partial charge in [0.25, 0.3) is 0 Å². The zero-order valence-electron chi connectivity index (χ0n) is 17.6. The molecule has 0 spiro atoms. The first kappa shape index (κ1) is 22.9. The van der Waals surface area contributed by atoms with Crippen molar-refractivity contribution < 1.29 is 13.9 Å². The number of unbranched alkanes of at least 4 members (excludes halogenated alkanes) is 1. The fourth-order valence-electron chi connectivity index (χ4n) is 3.19. The van der Waals surface area contributed by atoms with Crippen LogP contribution in [0.2, 0.25) is 0 Å². The molecule has 4 rings (SSSR count). The van der Waals surface area contributed by atoms with Crippen LogP contribution in [0.25, 0.3) is 10.9 Å². The number of fused-ring (bicyclic) bond motifs is 1. The molecule has 0 atom stereocenters. The minimum Gasteiger partial charge on any atom is -0.494 e. The zero-order chi connectivity index (χ0) is 23.0. The van der Waals surface area contributed by atoms with Gasteiger partial charge >= 0.3 is 0 Å². The summed E-state index contributed by atoms with van der Waals surface area (Å²) in [5.41, 5.74) is 1.76. The fourth-order valence-corrected chi connectivity index (χ4v) is 3.73. The maximum absolute atomic E-state index is 13.3. The summed E-state index contributed by atoms with van der Waals surface area (Å²) in [6, 6.07) is 13.2. The lowest BCUT2D eigenvalue weighted by Crippen LogP contribution is -2.14. The van der Waals surface area contributed by atoms with E-state index < -0.39 is 5.82 Å². The lowest BCUT2D eigenvalue weighted by molar-refractivity contribution is -0.115. The minimum absolute atomic E-state index is 0.0635. The van der Waals surface area contributed by atoms with Crippen molar-refractivity contribution in [2.45, 2.75) is 19.3 Å². The Kier molecular flexibility index (Phi) is 7.66. The minimum atomic E-state index is -0.409. The molecule has 0 aliphatic heterocycles. The molecule has 8 nitrogen and oxygen atoms in total. The van der Waals surface area contributed by atoms with Gasteiger partial charge < -0.3 is 15.4 Å². The topological polar surface area (TPSA) is 105 Å². The number of H-pyrrole nitrogens is 1. The van der Waals surface area contributed by atoms with E-state index >= 15 is 0 Å². The van der Waals surface area contributed by atoms with Crippen molar-refractivity contribution in [3.63, 3.8) is 0 Å². The molecule has 2 aromatic carbocycles. The maximum atomic E-state index is 13.3. The van der Waals surface area contributed by atoms with Gasteiger partial charge in [0.05, 0.1) is 18.5 Å². The largest absolute Gasteiger partial charge is 0.494 e. The molecule has 3 N–H and O–H groups in total. The number of nitrogens with one attached hydrogen (secondary N) is 3. The predicted octanol–water partition coefficient (Wildman–Crippen LogP) is 5.01. The van der Waals surface area contributed by atoms with Crippen molar-refractivity contribution in [3.05, 3.63) is 66.4 Å². The number of amides is 1. The second kappa shape index (κ2) is 11.0. The van der Waals surface area contributed by atoms with Crippen LogP contribution in [0.1, 0.15) is 18.5 Å². The van der Waals surface area contributed by atoms with E-state index in [0.717, 1.165) is 33.9 Å². The van der Waals surface area contributed by atoms with Gasteiger partial charge in [0.1, 0.15) is 23.7 Å². The molecular formula is C23H22FIN6O2. The van der Waals surface area contributed by atoms with E-state index in [1.165, 1.54) is 24.5 Å². The van der Waals surface area contributed by atoms with E-state index in [9.17, 15) is 9.18 Å². The van der Waals surface area contributed by atoms with Crippen LogP contribution in [0, 0.1) is 5.82 Å². The molecule has 10 heteroatoms. The van der Waals surface area contributed by atoms with Crippen molar-refractivity contribution in [1.29, 1.82) is 0 Å². The standard InChI is InChI=1S/C23H22FIN6O2/c24-15-4-3-5-16(10-15)28-22(32)12-17-11-21(31-30-17)29-23-19-7-6-18(33-9-2-1-8-25)13-20(19)26-14-27-23/h3-7,10-11,13-14H,1-2,8-9,12H2,(H,28,32)(H2,26,27,29,30,31). The molecule has 0 aliphatic carbocycles. The van der Waals surface area contributed by atoms with Crippen molar-refractivity contribution in [2.75, 3.05) is 21.7 Å². The number of halogens is 2. The highest BCUT2D eigenvalue weighted by atomic mass is 127. The number of aromatic amines is 1. The van der Waals surface area contributed by atoms with E-state index in [4.69, 9.17) is 4.74 Å². The molecule has 170 valence electrons. The molecule has 0 saturated heterocycles. The number of anilines is 3. The quantitative estimate of drug-likeness (QED) is 0.143. The van der Waals surface area contributed by atoms with Crippen LogP contribution < -0.4 is 15.4 Å². The first-order valence-electron chi connectivity index (χ1n) is 10.4. The molecular weight excluding hydrogens is 538 g/mol. The summed E-state index contributed by atoms with van der Waals surface area (Å²) in [5, 5.41) is 13.7. The number of nitrogens with zero attached hydrogens (tertiary/aromatic N) is 3. The van der Waals surface area contributed by atoms with Crippen LogP contribution in [-0.2, 0) is 11.2 Å². The first-order valence-corrected chi connectivity index (χ1v) is 11.9. The van der Waals surface area contributed by atoms with Gasteiger partial charge in [0.2, 0.25) is 5.91 Å². The third-order valence-electron chi connectivity index (χ3n) is 4.74. The van der Waals surface area contributed by atoms with Crippen molar-refractivity contribution in [2.24, 2.45) is 0 Å². The summed E-state index contributed by atoms with van der Waals surface area (Å²) in [5.74, 6) is 1.19. The van der Waals surface area contributed by atoms with E-state index in [-0.39, 0.29) is 12.3 Å². The Labute approximate surface area is 203 Å². The first-order chi connectivity index (χ1) is 16.1. The number of carbonyl (C=O) groups is 1. The molecule has 1 amide bonds. The van der Waals surface area contributed by atoms with Gasteiger partial charge in [-0.15, -0.1) is 0 Å². The van der Waals surface area contributed by atoms with Crippen LogP contribution in [0.5, 0.6) is 5.75 Å². The third-order valence-corrected chi connectivity index (χ3v) is 5.50. The van der Waals surface area contributed by atoms with Gasteiger partial charge in [-0.2, -0.15) is 5.10 Å². The third kappa shape index (κ3) is 6.37. The Balaban J connectivity index is 1.39. The SMILES string of the molecule is O=C(Cc1cc(Nc2ncnc3cc(OCCCCI)ccc23)n[nH]1)Nc1cccc(F)c1. The number of aromatic nitrogens is 4. The van der Waals surface area contributed by atoms with Gasteiger partial charge in [0, 0.05) is 28.9 Å². The van der Waals surface area contributed by atoms with E-state index in [1.54, 1.807) is 12.1 Å². The summed E-state index contributed by atoms with van der Waals surface area (Å²) >= 11 is 2.36. The number of hydrogen-bond donors (Lipinski definition) is 3. The molecule has 0 unspecified atom stereocenters. The van der Waals surface area contributed by atoms with Crippen LogP contribution in [-0.4, -0.2) is 37.1 Å². The molecule has 2 heterocycles. The summed E-state index contributed by atoms with van der Waals surface area (Å²) < 4.78 is 20.2. The second-order valence-electron chi connectivity index (χ2n) is 7.28. The summed E-state index contributed by atoms with van der Waals surface area (Å²) in [7, 11) is 0. The summed E-state index contributed by atoms with van der Waals surface area (Å²) in [6.45, 7) is 0.674. The molecule has 33 heavy (non-hydrogen) atoms. The lowest BCUT2D eigenvalue weighted by Gasteiger charge is -2.09. The summed E-state index contributed by atoms with van der Waals surface area (Å²) in [4.78, 5) is 20.9. The van der Waals surface area contributed by atoms with Crippen LogP contribution in [0.15, 0.2) is 54.9 Å². The zero-order valence-corrected chi connectivity index (χ0v) is 19.8. The van der Waals surface area contributed by atoms with Gasteiger partial charge in [0.15, 0.2) is 5.82 Å². The molecule has 2 aromatic heterocycles. The lowest BCUT2D eigenvalue weighted by atomic mass is 10.2. The maximum Gasteiger partial charge on any atom is 0.230 e. The van der Waals surface area contributed by atoms with Crippen LogP contribution in [0.4, 0.5) is 21.7 Å². The number of ether oxygens (including phenoxy) is 1. The Morgan fingerprint density at radius 3 is 2.88 bits per heavy atom. The number of benzene rings is 2. The van der Waals surface area contributed by atoms with E-state index in [1.807, 2.05) is 18.2 Å². The summed E-state index contributed by atoms with van der Waals surface area (Å²) in [6.07, 6.45) is 3.68. The predicted molar refractivity (Wildman–Crippen MR) is 134 cm³/mol. The molecule has 0 saturated carbocycles. The van der Waals surface area contributed by atoms with Crippen molar-refractivity contribution in [3.8, 4) is 5.75 Å². The monoisotopic (exact) mass is 560 g/mol.